The first-order chi connectivity index (χ1) is 15.3. The SMILES string of the molecule is Fc1ccc(-c2ccccc2-c2cnco2)c2c1C(Oc1ccc(C3CC3)cc1)CC2. The normalized spacial score (nSPS) is 17.5. The largest absolute Gasteiger partial charge is 0.486 e. The summed E-state index contributed by atoms with van der Waals surface area (Å²) in [7, 11) is 0. The standard InChI is InChI=1S/C27H22FNO2/c28-24-13-11-21(20-3-1-2-4-22(20)26-15-29-16-30-26)23-12-14-25(27(23)24)31-19-9-7-18(8-10-19)17-5-6-17/h1-4,7-11,13,15-17,25H,5-6,12,14H2. The Morgan fingerprint density at radius 1 is 0.871 bits per heavy atom. The molecule has 6 rings (SSSR count). The molecule has 1 unspecified atom stereocenters. The topological polar surface area (TPSA) is 35.3 Å². The fourth-order valence-electron chi connectivity index (χ4n) is 4.72. The third-order valence-electron chi connectivity index (χ3n) is 6.40. The van der Waals surface area contributed by atoms with E-state index in [0.717, 1.165) is 40.8 Å². The van der Waals surface area contributed by atoms with Gasteiger partial charge in [-0.2, -0.15) is 0 Å². The minimum Gasteiger partial charge on any atom is -0.486 e. The second-order valence-corrected chi connectivity index (χ2v) is 8.39. The van der Waals surface area contributed by atoms with Crippen LogP contribution in [-0.4, -0.2) is 4.98 Å². The monoisotopic (exact) mass is 411 g/mol. The van der Waals surface area contributed by atoms with Crippen LogP contribution in [0.3, 0.4) is 0 Å². The zero-order chi connectivity index (χ0) is 20.8. The molecule has 0 saturated heterocycles. The predicted molar refractivity (Wildman–Crippen MR) is 117 cm³/mol. The molecule has 1 saturated carbocycles. The van der Waals surface area contributed by atoms with Gasteiger partial charge in [-0.15, -0.1) is 0 Å². The van der Waals surface area contributed by atoms with Crippen molar-refractivity contribution >= 4 is 0 Å². The molecule has 1 heterocycles. The molecule has 0 bridgehead atoms. The van der Waals surface area contributed by atoms with E-state index < -0.39 is 0 Å². The highest BCUT2D eigenvalue weighted by atomic mass is 19.1. The number of hydrogen-bond donors (Lipinski definition) is 0. The van der Waals surface area contributed by atoms with Crippen LogP contribution in [0.5, 0.6) is 5.75 Å². The van der Waals surface area contributed by atoms with Crippen molar-refractivity contribution in [2.75, 3.05) is 0 Å². The van der Waals surface area contributed by atoms with E-state index in [2.05, 4.69) is 23.2 Å². The van der Waals surface area contributed by atoms with E-state index in [1.54, 1.807) is 12.3 Å². The minimum atomic E-state index is -0.279. The van der Waals surface area contributed by atoms with E-state index in [0.29, 0.717) is 17.2 Å². The van der Waals surface area contributed by atoms with Crippen molar-refractivity contribution in [3.8, 4) is 28.2 Å². The first-order valence-electron chi connectivity index (χ1n) is 10.8. The molecule has 31 heavy (non-hydrogen) atoms. The van der Waals surface area contributed by atoms with E-state index in [-0.39, 0.29) is 11.9 Å². The molecule has 1 fully saturated rings. The average Bonchev–Trinajstić information content (AvgIpc) is 3.33. The fraction of sp³-hybridized carbons (Fsp3) is 0.222. The molecule has 2 aliphatic carbocycles. The van der Waals surface area contributed by atoms with Gasteiger partial charge >= 0.3 is 0 Å². The number of oxazole rings is 1. The first-order valence-corrected chi connectivity index (χ1v) is 10.8. The van der Waals surface area contributed by atoms with Gasteiger partial charge in [0.15, 0.2) is 12.2 Å². The molecule has 1 aromatic heterocycles. The van der Waals surface area contributed by atoms with Crippen LogP contribution in [-0.2, 0) is 6.42 Å². The Morgan fingerprint density at radius 3 is 2.42 bits per heavy atom. The smallest absolute Gasteiger partial charge is 0.181 e. The highest BCUT2D eigenvalue weighted by Crippen LogP contribution is 2.44. The number of halogens is 1. The summed E-state index contributed by atoms with van der Waals surface area (Å²) in [5, 5.41) is 0. The van der Waals surface area contributed by atoms with Crippen molar-refractivity contribution in [2.45, 2.75) is 37.7 Å². The van der Waals surface area contributed by atoms with Crippen molar-refractivity contribution in [1.29, 1.82) is 0 Å². The van der Waals surface area contributed by atoms with Gasteiger partial charge < -0.3 is 9.15 Å². The molecule has 3 aromatic carbocycles. The lowest BCUT2D eigenvalue weighted by Crippen LogP contribution is -2.06. The number of rotatable bonds is 5. The summed E-state index contributed by atoms with van der Waals surface area (Å²) >= 11 is 0. The number of aromatic nitrogens is 1. The van der Waals surface area contributed by atoms with E-state index in [1.165, 1.54) is 24.8 Å². The maximum atomic E-state index is 15.0. The number of nitrogens with zero attached hydrogens (tertiary/aromatic N) is 1. The summed E-state index contributed by atoms with van der Waals surface area (Å²) in [6.45, 7) is 0. The Bertz CT molecular complexity index is 1230. The molecular weight excluding hydrogens is 389 g/mol. The number of ether oxygens (including phenoxy) is 1. The molecule has 4 heteroatoms. The van der Waals surface area contributed by atoms with Crippen molar-refractivity contribution in [3.63, 3.8) is 0 Å². The molecule has 2 aliphatic rings. The van der Waals surface area contributed by atoms with Crippen LogP contribution in [0.15, 0.2) is 77.7 Å². The van der Waals surface area contributed by atoms with Crippen LogP contribution < -0.4 is 4.74 Å². The number of fused-ring (bicyclic) bond motifs is 1. The van der Waals surface area contributed by atoms with Crippen LogP contribution in [0.25, 0.3) is 22.5 Å². The second-order valence-electron chi connectivity index (χ2n) is 8.39. The van der Waals surface area contributed by atoms with Gasteiger partial charge in [0.25, 0.3) is 0 Å². The maximum Gasteiger partial charge on any atom is 0.181 e. The Hall–Kier alpha value is -3.40. The minimum absolute atomic E-state index is 0.201. The summed E-state index contributed by atoms with van der Waals surface area (Å²) in [6, 6.07) is 19.8. The summed E-state index contributed by atoms with van der Waals surface area (Å²) in [5.74, 6) is 2.02. The van der Waals surface area contributed by atoms with Crippen LogP contribution >= 0.6 is 0 Å². The lowest BCUT2D eigenvalue weighted by molar-refractivity contribution is 0.203. The van der Waals surface area contributed by atoms with Gasteiger partial charge in [-0.1, -0.05) is 42.5 Å². The molecule has 0 amide bonds. The summed E-state index contributed by atoms with van der Waals surface area (Å²) in [4.78, 5) is 4.05. The van der Waals surface area contributed by atoms with Crippen molar-refractivity contribution in [1.82, 2.24) is 4.98 Å². The molecule has 0 N–H and O–H groups in total. The average molecular weight is 411 g/mol. The van der Waals surface area contributed by atoms with E-state index in [1.807, 2.05) is 36.4 Å². The Kier molecular flexibility index (Phi) is 4.37. The van der Waals surface area contributed by atoms with Gasteiger partial charge in [0.2, 0.25) is 0 Å². The highest BCUT2D eigenvalue weighted by molar-refractivity contribution is 5.83. The molecule has 0 spiro atoms. The van der Waals surface area contributed by atoms with Gasteiger partial charge in [0.1, 0.15) is 17.7 Å². The zero-order valence-corrected chi connectivity index (χ0v) is 17.1. The highest BCUT2D eigenvalue weighted by Gasteiger charge is 2.31. The molecule has 0 aliphatic heterocycles. The molecule has 0 radical (unpaired) electrons. The fourth-order valence-corrected chi connectivity index (χ4v) is 4.72. The third-order valence-corrected chi connectivity index (χ3v) is 6.40. The lowest BCUT2D eigenvalue weighted by Gasteiger charge is -2.17. The van der Waals surface area contributed by atoms with Gasteiger partial charge in [0, 0.05) is 11.1 Å². The predicted octanol–water partition coefficient (Wildman–Crippen LogP) is 7.09. The molecular formula is C27H22FNO2. The van der Waals surface area contributed by atoms with Gasteiger partial charge in [-0.3, -0.25) is 0 Å². The summed E-state index contributed by atoms with van der Waals surface area (Å²) < 4.78 is 26.8. The van der Waals surface area contributed by atoms with Crippen LogP contribution in [0, 0.1) is 5.82 Å². The third kappa shape index (κ3) is 3.32. The Balaban J connectivity index is 1.36. The number of benzene rings is 3. The quantitative estimate of drug-likeness (QED) is 0.352. The van der Waals surface area contributed by atoms with Crippen LogP contribution in [0.2, 0.25) is 0 Å². The number of hydrogen-bond acceptors (Lipinski definition) is 3. The van der Waals surface area contributed by atoms with E-state index >= 15 is 0 Å². The van der Waals surface area contributed by atoms with Gasteiger partial charge in [-0.05, 0) is 72.1 Å². The zero-order valence-electron chi connectivity index (χ0n) is 17.1. The Labute approximate surface area is 180 Å². The lowest BCUT2D eigenvalue weighted by atomic mass is 9.92. The first kappa shape index (κ1) is 18.4. The van der Waals surface area contributed by atoms with Crippen LogP contribution in [0.4, 0.5) is 4.39 Å². The van der Waals surface area contributed by atoms with Gasteiger partial charge in [-0.25, -0.2) is 9.37 Å². The summed E-state index contributed by atoms with van der Waals surface area (Å²) in [6.07, 6.45) is 6.95. The van der Waals surface area contributed by atoms with Crippen molar-refractivity contribution < 1.29 is 13.5 Å². The molecule has 1 atom stereocenters. The molecule has 3 nitrogen and oxygen atoms in total. The Morgan fingerprint density at radius 2 is 1.68 bits per heavy atom. The van der Waals surface area contributed by atoms with Crippen molar-refractivity contribution in [2.24, 2.45) is 0 Å². The van der Waals surface area contributed by atoms with Crippen molar-refractivity contribution in [3.05, 3.63) is 95.8 Å². The maximum absolute atomic E-state index is 15.0. The van der Waals surface area contributed by atoms with Crippen LogP contribution in [0.1, 0.15) is 48.0 Å². The second kappa shape index (κ2) is 7.38. The van der Waals surface area contributed by atoms with E-state index in [9.17, 15) is 4.39 Å². The van der Waals surface area contributed by atoms with Gasteiger partial charge in [0.05, 0.1) is 6.20 Å². The summed E-state index contributed by atoms with van der Waals surface area (Å²) in [5.41, 5.74) is 6.07. The molecule has 4 aromatic rings. The molecule has 154 valence electrons. The van der Waals surface area contributed by atoms with E-state index in [4.69, 9.17) is 9.15 Å².